The number of carbonyl (C=O) groups excluding carboxylic acids is 1. The number of carbonyl (C=O) groups is 1. The number of amides is 2. The van der Waals surface area contributed by atoms with Crippen LogP contribution in [-0.4, -0.2) is 11.7 Å². The quantitative estimate of drug-likeness (QED) is 0.431. The van der Waals surface area contributed by atoms with Crippen LogP contribution in [-0.2, 0) is 0 Å². The van der Waals surface area contributed by atoms with Gasteiger partial charge in [0.1, 0.15) is 0 Å². The van der Waals surface area contributed by atoms with Crippen molar-refractivity contribution < 1.29 is 4.79 Å². The van der Waals surface area contributed by atoms with Crippen molar-refractivity contribution >= 4 is 17.4 Å². The number of rotatable bonds is 7. The lowest BCUT2D eigenvalue weighted by molar-refractivity contribution is 0.252. The van der Waals surface area contributed by atoms with E-state index in [2.05, 4.69) is 22.8 Å². The highest BCUT2D eigenvalue weighted by Crippen LogP contribution is 2.09. The van der Waals surface area contributed by atoms with Crippen LogP contribution < -0.4 is 10.7 Å². The fraction of sp³-hybridized carbons (Fsp3) is 0.263. The summed E-state index contributed by atoms with van der Waals surface area (Å²) in [5.41, 5.74) is 5.29. The Labute approximate surface area is 137 Å². The molecule has 0 fully saturated rings. The zero-order chi connectivity index (χ0) is 16.3. The SMILES string of the molecule is CCCCCC(=NNC(=O)Nc1ccccc1)c1ccccc1. The molecule has 120 valence electrons. The van der Waals surface area contributed by atoms with Crippen molar-refractivity contribution in [1.82, 2.24) is 5.43 Å². The predicted molar refractivity (Wildman–Crippen MR) is 95.7 cm³/mol. The Kier molecular flexibility index (Phi) is 6.85. The number of hydrogen-bond donors (Lipinski definition) is 2. The van der Waals surface area contributed by atoms with E-state index in [1.807, 2.05) is 60.7 Å². The molecule has 23 heavy (non-hydrogen) atoms. The zero-order valence-electron chi connectivity index (χ0n) is 13.5. The molecule has 0 bridgehead atoms. The van der Waals surface area contributed by atoms with E-state index in [9.17, 15) is 4.79 Å². The highest BCUT2D eigenvalue weighted by molar-refractivity contribution is 6.01. The van der Waals surface area contributed by atoms with E-state index in [0.29, 0.717) is 0 Å². The first kappa shape index (κ1) is 16.7. The van der Waals surface area contributed by atoms with Crippen molar-refractivity contribution in [3.05, 3.63) is 66.2 Å². The van der Waals surface area contributed by atoms with Gasteiger partial charge in [0, 0.05) is 5.69 Å². The van der Waals surface area contributed by atoms with Crippen molar-refractivity contribution in [2.24, 2.45) is 5.10 Å². The van der Waals surface area contributed by atoms with Gasteiger partial charge in [-0.3, -0.25) is 0 Å². The van der Waals surface area contributed by atoms with Crippen LogP contribution in [0, 0.1) is 0 Å². The van der Waals surface area contributed by atoms with E-state index in [0.717, 1.165) is 42.6 Å². The molecule has 0 radical (unpaired) electrons. The van der Waals surface area contributed by atoms with Gasteiger partial charge < -0.3 is 5.32 Å². The first-order chi connectivity index (χ1) is 11.3. The molecule has 0 atom stereocenters. The van der Waals surface area contributed by atoms with Crippen LogP contribution in [0.1, 0.15) is 38.2 Å². The van der Waals surface area contributed by atoms with Crippen LogP contribution in [0.4, 0.5) is 10.5 Å². The summed E-state index contributed by atoms with van der Waals surface area (Å²) >= 11 is 0. The van der Waals surface area contributed by atoms with Crippen LogP contribution in [0.5, 0.6) is 0 Å². The van der Waals surface area contributed by atoms with Gasteiger partial charge in [0.05, 0.1) is 5.71 Å². The number of nitrogens with zero attached hydrogens (tertiary/aromatic N) is 1. The summed E-state index contributed by atoms with van der Waals surface area (Å²) in [4.78, 5) is 11.9. The van der Waals surface area contributed by atoms with Crippen LogP contribution >= 0.6 is 0 Å². The molecule has 4 nitrogen and oxygen atoms in total. The lowest BCUT2D eigenvalue weighted by Crippen LogP contribution is -2.25. The van der Waals surface area contributed by atoms with Crippen LogP contribution in [0.2, 0.25) is 0 Å². The van der Waals surface area contributed by atoms with Gasteiger partial charge in [-0.25, -0.2) is 10.2 Å². The number of hydrogen-bond acceptors (Lipinski definition) is 2. The summed E-state index contributed by atoms with van der Waals surface area (Å²) in [5.74, 6) is 0. The summed E-state index contributed by atoms with van der Waals surface area (Å²) < 4.78 is 0. The molecule has 0 aliphatic heterocycles. The van der Waals surface area contributed by atoms with Gasteiger partial charge in [0.15, 0.2) is 0 Å². The molecule has 2 aromatic carbocycles. The summed E-state index contributed by atoms with van der Waals surface area (Å²) in [6.07, 6.45) is 4.22. The minimum absolute atomic E-state index is 0.333. The van der Waals surface area contributed by atoms with Gasteiger partial charge in [-0.15, -0.1) is 0 Å². The number of unbranched alkanes of at least 4 members (excludes halogenated alkanes) is 2. The monoisotopic (exact) mass is 309 g/mol. The molecule has 0 aliphatic rings. The lowest BCUT2D eigenvalue weighted by atomic mass is 10.0. The van der Waals surface area contributed by atoms with Crippen molar-refractivity contribution in [3.8, 4) is 0 Å². The van der Waals surface area contributed by atoms with Gasteiger partial charge in [-0.05, 0) is 30.5 Å². The maximum Gasteiger partial charge on any atom is 0.339 e. The maximum atomic E-state index is 11.9. The Morgan fingerprint density at radius 1 is 0.957 bits per heavy atom. The smallest absolute Gasteiger partial charge is 0.307 e. The molecule has 2 amide bonds. The molecule has 0 spiro atoms. The first-order valence-electron chi connectivity index (χ1n) is 8.03. The fourth-order valence-corrected chi connectivity index (χ4v) is 2.24. The minimum Gasteiger partial charge on any atom is -0.307 e. The Morgan fingerprint density at radius 3 is 2.26 bits per heavy atom. The fourth-order valence-electron chi connectivity index (χ4n) is 2.24. The zero-order valence-corrected chi connectivity index (χ0v) is 13.5. The normalized spacial score (nSPS) is 11.1. The molecule has 4 heteroatoms. The van der Waals surface area contributed by atoms with E-state index in [4.69, 9.17) is 0 Å². The van der Waals surface area contributed by atoms with Crippen molar-refractivity contribution in [2.75, 3.05) is 5.32 Å². The molecular formula is C19H23N3O. The molecule has 2 aromatic rings. The largest absolute Gasteiger partial charge is 0.339 e. The number of urea groups is 1. The summed E-state index contributed by atoms with van der Waals surface area (Å²) in [7, 11) is 0. The third-order valence-electron chi connectivity index (χ3n) is 3.45. The molecule has 0 unspecified atom stereocenters. The third kappa shape index (κ3) is 5.94. The average Bonchev–Trinajstić information content (AvgIpc) is 2.59. The molecule has 0 saturated carbocycles. The highest BCUT2D eigenvalue weighted by atomic mass is 16.2. The van der Waals surface area contributed by atoms with E-state index in [1.165, 1.54) is 0 Å². The Hall–Kier alpha value is -2.62. The lowest BCUT2D eigenvalue weighted by Gasteiger charge is -2.08. The van der Waals surface area contributed by atoms with Crippen LogP contribution in [0.25, 0.3) is 0 Å². The topological polar surface area (TPSA) is 53.5 Å². The van der Waals surface area contributed by atoms with Crippen molar-refractivity contribution in [1.29, 1.82) is 0 Å². The second-order valence-corrected chi connectivity index (χ2v) is 5.31. The summed E-state index contributed by atoms with van der Waals surface area (Å²) in [6.45, 7) is 2.17. The van der Waals surface area contributed by atoms with Gasteiger partial charge in [0.2, 0.25) is 0 Å². The number of benzene rings is 2. The molecular weight excluding hydrogens is 286 g/mol. The Morgan fingerprint density at radius 2 is 1.61 bits per heavy atom. The Balaban J connectivity index is 2.00. The average molecular weight is 309 g/mol. The van der Waals surface area contributed by atoms with Crippen LogP contribution in [0.3, 0.4) is 0 Å². The second kappa shape index (κ2) is 9.41. The molecule has 0 aromatic heterocycles. The standard InChI is InChI=1S/C19H23N3O/c1-2-3-6-15-18(16-11-7-4-8-12-16)21-22-19(23)20-17-13-9-5-10-14-17/h4-5,7-14H,2-3,6,15H2,1H3,(H2,20,22,23). The number of anilines is 1. The first-order valence-corrected chi connectivity index (χ1v) is 8.03. The van der Waals surface area contributed by atoms with Gasteiger partial charge in [-0.1, -0.05) is 68.3 Å². The number of nitrogens with one attached hydrogen (secondary N) is 2. The molecule has 0 heterocycles. The predicted octanol–water partition coefficient (Wildman–Crippen LogP) is 4.79. The van der Waals surface area contributed by atoms with Gasteiger partial charge in [0.25, 0.3) is 0 Å². The second-order valence-electron chi connectivity index (χ2n) is 5.31. The van der Waals surface area contributed by atoms with Gasteiger partial charge in [-0.2, -0.15) is 5.10 Å². The van der Waals surface area contributed by atoms with E-state index < -0.39 is 0 Å². The van der Waals surface area contributed by atoms with Crippen LogP contribution in [0.15, 0.2) is 65.8 Å². The number of para-hydroxylation sites is 1. The molecule has 2 rings (SSSR count). The minimum atomic E-state index is -0.333. The summed E-state index contributed by atoms with van der Waals surface area (Å²) in [6, 6.07) is 19.0. The molecule has 0 saturated heterocycles. The van der Waals surface area contributed by atoms with Crippen molar-refractivity contribution in [2.45, 2.75) is 32.6 Å². The molecule has 2 N–H and O–H groups in total. The third-order valence-corrected chi connectivity index (χ3v) is 3.45. The summed E-state index contributed by atoms with van der Waals surface area (Å²) in [5, 5.41) is 7.08. The highest BCUT2D eigenvalue weighted by Gasteiger charge is 2.05. The van der Waals surface area contributed by atoms with Gasteiger partial charge >= 0.3 is 6.03 Å². The van der Waals surface area contributed by atoms with E-state index in [1.54, 1.807) is 0 Å². The Bertz CT molecular complexity index is 624. The van der Waals surface area contributed by atoms with E-state index in [-0.39, 0.29) is 6.03 Å². The van der Waals surface area contributed by atoms with Crippen molar-refractivity contribution in [3.63, 3.8) is 0 Å². The maximum absolute atomic E-state index is 11.9. The molecule has 0 aliphatic carbocycles. The number of hydrazone groups is 1. The van der Waals surface area contributed by atoms with E-state index >= 15 is 0 Å².